The first-order chi connectivity index (χ1) is 21.6. The molecule has 0 unspecified atom stereocenters. The summed E-state index contributed by atoms with van der Waals surface area (Å²) in [6, 6.07) is 18.0. The fraction of sp³-hybridized carbons (Fsp3) is 0.364. The summed E-state index contributed by atoms with van der Waals surface area (Å²) in [6.07, 6.45) is 6.97. The summed E-state index contributed by atoms with van der Waals surface area (Å²) < 4.78 is 20.8. The molecule has 0 amide bonds. The van der Waals surface area contributed by atoms with E-state index in [4.69, 9.17) is 19.2 Å². The Balaban J connectivity index is 1.35. The molecule has 0 N–H and O–H groups in total. The quantitative estimate of drug-likeness (QED) is 0.140. The molecule has 0 aliphatic rings. The first-order valence-corrected chi connectivity index (χ1v) is 15.1. The molecule has 0 fully saturated rings. The maximum atomic E-state index is 12.2. The number of nitrogens with zero attached hydrogens (tertiary/aromatic N) is 7. The van der Waals surface area contributed by atoms with Crippen LogP contribution in [0.25, 0.3) is 17.1 Å². The molecule has 44 heavy (non-hydrogen) atoms. The first kappa shape index (κ1) is 30.7. The van der Waals surface area contributed by atoms with Crippen LogP contribution in [0.2, 0.25) is 0 Å². The van der Waals surface area contributed by atoms with Crippen molar-refractivity contribution in [3.63, 3.8) is 0 Å². The van der Waals surface area contributed by atoms with Gasteiger partial charge in [-0.25, -0.2) is 14.5 Å². The van der Waals surface area contributed by atoms with Gasteiger partial charge in [-0.3, -0.25) is 4.90 Å². The van der Waals surface area contributed by atoms with E-state index in [1.807, 2.05) is 47.0 Å². The number of fused-ring (bicyclic) bond motifs is 1. The fourth-order valence-electron chi connectivity index (χ4n) is 4.88. The maximum absolute atomic E-state index is 12.2. The summed E-state index contributed by atoms with van der Waals surface area (Å²) in [6.45, 7) is 11.0. The van der Waals surface area contributed by atoms with E-state index >= 15 is 0 Å². The molecule has 3 aromatic heterocycles. The predicted molar refractivity (Wildman–Crippen MR) is 167 cm³/mol. The van der Waals surface area contributed by atoms with Crippen molar-refractivity contribution in [3.05, 3.63) is 90.0 Å². The van der Waals surface area contributed by atoms with Crippen LogP contribution in [-0.4, -0.2) is 73.0 Å². The van der Waals surface area contributed by atoms with Crippen molar-refractivity contribution < 1.29 is 19.0 Å². The minimum absolute atomic E-state index is 0.235. The van der Waals surface area contributed by atoms with Crippen LogP contribution in [0.15, 0.2) is 73.3 Å². The molecule has 0 aliphatic heterocycles. The largest absolute Gasteiger partial charge is 0.492 e. The van der Waals surface area contributed by atoms with Crippen LogP contribution in [-0.2, 0) is 17.9 Å². The van der Waals surface area contributed by atoms with Crippen LogP contribution in [0.5, 0.6) is 11.6 Å². The summed E-state index contributed by atoms with van der Waals surface area (Å²) in [7, 11) is 0. The monoisotopic (exact) mass is 597 g/mol. The topological polar surface area (TPSA) is 109 Å². The van der Waals surface area contributed by atoms with Crippen molar-refractivity contribution in [2.75, 3.05) is 32.8 Å². The Morgan fingerprint density at radius 2 is 1.66 bits per heavy atom. The number of imidazole rings is 1. The van der Waals surface area contributed by atoms with Crippen LogP contribution in [0.4, 0.5) is 0 Å². The predicted octanol–water partition coefficient (Wildman–Crippen LogP) is 5.32. The highest BCUT2D eigenvalue weighted by molar-refractivity contribution is 5.88. The van der Waals surface area contributed by atoms with E-state index in [-0.39, 0.29) is 12.6 Å². The third-order valence-electron chi connectivity index (χ3n) is 6.98. The Morgan fingerprint density at radius 1 is 0.886 bits per heavy atom. The molecule has 0 saturated heterocycles. The fourth-order valence-corrected chi connectivity index (χ4v) is 4.88. The molecule has 3 heterocycles. The van der Waals surface area contributed by atoms with E-state index in [2.05, 4.69) is 45.9 Å². The van der Waals surface area contributed by atoms with Crippen molar-refractivity contribution in [3.8, 4) is 17.6 Å². The Kier molecular flexibility index (Phi) is 10.5. The van der Waals surface area contributed by atoms with Crippen LogP contribution in [0.3, 0.4) is 0 Å². The van der Waals surface area contributed by atoms with Gasteiger partial charge in [-0.05, 0) is 56.1 Å². The molecular weight excluding hydrogens is 558 g/mol. The number of hydrogen-bond acceptors (Lipinski definition) is 9. The molecule has 0 spiro atoms. The van der Waals surface area contributed by atoms with Crippen molar-refractivity contribution in [1.29, 1.82) is 0 Å². The molecule has 0 radical (unpaired) electrons. The Morgan fingerprint density at radius 3 is 2.39 bits per heavy atom. The third-order valence-corrected chi connectivity index (χ3v) is 6.98. The van der Waals surface area contributed by atoms with Gasteiger partial charge in [-0.1, -0.05) is 56.3 Å². The highest BCUT2D eigenvalue weighted by Gasteiger charge is 2.19. The standard InChI is InChI=1S/C33H39N7O4/c1-4-16-38(17-5-2)18-19-43-28-14-12-25(13-15-28)21-39-24-34-30-29(39)31(44-23-26-10-8-7-9-11-26)37-33(36-30)40-22-27(20-35-40)32(41)42-6-3/h7-15,20,22,24H,4-6,16-19,21,23H2,1-3H3. The zero-order valence-electron chi connectivity index (χ0n) is 25.6. The number of carbonyl (C=O) groups is 1. The van der Waals surface area contributed by atoms with Gasteiger partial charge in [0, 0.05) is 19.3 Å². The van der Waals surface area contributed by atoms with Gasteiger partial charge in [0.05, 0.1) is 24.7 Å². The van der Waals surface area contributed by atoms with E-state index in [1.165, 1.54) is 17.1 Å². The molecule has 0 bridgehead atoms. The number of benzene rings is 2. The maximum Gasteiger partial charge on any atom is 0.341 e. The number of hydrogen-bond donors (Lipinski definition) is 0. The molecule has 11 heteroatoms. The molecule has 0 saturated carbocycles. The lowest BCUT2D eigenvalue weighted by Gasteiger charge is -2.20. The van der Waals surface area contributed by atoms with Crippen LogP contribution in [0.1, 0.15) is 55.1 Å². The summed E-state index contributed by atoms with van der Waals surface area (Å²) in [5.74, 6) is 0.983. The minimum atomic E-state index is -0.462. The lowest BCUT2D eigenvalue weighted by atomic mass is 10.2. The molecule has 0 atom stereocenters. The van der Waals surface area contributed by atoms with Crippen molar-refractivity contribution in [1.82, 2.24) is 34.2 Å². The molecular formula is C33H39N7O4. The van der Waals surface area contributed by atoms with Gasteiger partial charge < -0.3 is 18.8 Å². The SMILES string of the molecule is CCCN(CCC)CCOc1ccc(Cn2cnc3nc(-n4cc(C(=O)OCC)cn4)nc(OCc4ccccc4)c32)cc1. The Bertz CT molecular complexity index is 1630. The normalized spacial score (nSPS) is 11.3. The second-order valence-electron chi connectivity index (χ2n) is 10.4. The second-order valence-corrected chi connectivity index (χ2v) is 10.4. The van der Waals surface area contributed by atoms with Gasteiger partial charge >= 0.3 is 5.97 Å². The number of aromatic nitrogens is 6. The lowest BCUT2D eigenvalue weighted by Crippen LogP contribution is -2.30. The Hall–Kier alpha value is -4.77. The molecule has 230 valence electrons. The van der Waals surface area contributed by atoms with Crippen LogP contribution < -0.4 is 9.47 Å². The van der Waals surface area contributed by atoms with E-state index < -0.39 is 5.97 Å². The smallest absolute Gasteiger partial charge is 0.341 e. The zero-order valence-corrected chi connectivity index (χ0v) is 25.6. The summed E-state index contributed by atoms with van der Waals surface area (Å²) >= 11 is 0. The number of rotatable bonds is 16. The minimum Gasteiger partial charge on any atom is -0.492 e. The van der Waals surface area contributed by atoms with E-state index in [0.29, 0.717) is 42.4 Å². The molecule has 5 rings (SSSR count). The van der Waals surface area contributed by atoms with Crippen LogP contribution >= 0.6 is 0 Å². The average Bonchev–Trinajstić information content (AvgIpc) is 3.70. The molecule has 5 aromatic rings. The molecule has 2 aromatic carbocycles. The highest BCUT2D eigenvalue weighted by atomic mass is 16.5. The number of esters is 1. The van der Waals surface area contributed by atoms with Gasteiger partial charge in [0.2, 0.25) is 5.88 Å². The second kappa shape index (κ2) is 15.1. The third kappa shape index (κ3) is 7.78. The number of carbonyl (C=O) groups excluding carboxylic acids is 1. The summed E-state index contributed by atoms with van der Waals surface area (Å²) in [5.41, 5.74) is 3.49. The molecule has 11 nitrogen and oxygen atoms in total. The van der Waals surface area contributed by atoms with Crippen molar-refractivity contribution >= 4 is 17.1 Å². The highest BCUT2D eigenvalue weighted by Crippen LogP contribution is 2.26. The average molecular weight is 598 g/mol. The molecule has 0 aliphatic carbocycles. The number of ether oxygens (including phenoxy) is 3. The van der Waals surface area contributed by atoms with Gasteiger partial charge in [0.15, 0.2) is 11.2 Å². The summed E-state index contributed by atoms with van der Waals surface area (Å²) in [4.78, 5) is 28.5. The van der Waals surface area contributed by atoms with E-state index in [9.17, 15) is 4.79 Å². The van der Waals surface area contributed by atoms with Gasteiger partial charge in [-0.2, -0.15) is 15.1 Å². The summed E-state index contributed by atoms with van der Waals surface area (Å²) in [5, 5.41) is 4.27. The van der Waals surface area contributed by atoms with Crippen molar-refractivity contribution in [2.45, 2.75) is 46.8 Å². The van der Waals surface area contributed by atoms with Gasteiger partial charge in [0.1, 0.15) is 19.0 Å². The van der Waals surface area contributed by atoms with Crippen LogP contribution in [0, 0.1) is 0 Å². The van der Waals surface area contributed by atoms with E-state index in [1.54, 1.807) is 13.3 Å². The Labute approximate surface area is 257 Å². The van der Waals surface area contributed by atoms with Gasteiger partial charge in [0.25, 0.3) is 5.95 Å². The lowest BCUT2D eigenvalue weighted by molar-refractivity contribution is 0.0526. The van der Waals surface area contributed by atoms with Crippen molar-refractivity contribution in [2.24, 2.45) is 0 Å². The first-order valence-electron chi connectivity index (χ1n) is 15.1. The zero-order chi connectivity index (χ0) is 30.7. The van der Waals surface area contributed by atoms with E-state index in [0.717, 1.165) is 49.4 Å². The van der Waals surface area contributed by atoms with Gasteiger partial charge in [-0.15, -0.1) is 0 Å².